The Kier molecular flexibility index (Phi) is 5.65. The molecule has 0 aliphatic heterocycles. The second-order valence-corrected chi connectivity index (χ2v) is 6.62. The highest BCUT2D eigenvalue weighted by Crippen LogP contribution is 2.46. The summed E-state index contributed by atoms with van der Waals surface area (Å²) in [6.45, 7) is 2.92. The molecule has 0 radical (unpaired) electrons. The summed E-state index contributed by atoms with van der Waals surface area (Å²) in [7, 11) is 0. The van der Waals surface area contributed by atoms with E-state index in [9.17, 15) is 4.79 Å². The molecule has 2 aromatic carbocycles. The molecule has 0 aromatic heterocycles. The van der Waals surface area contributed by atoms with E-state index in [0.29, 0.717) is 18.4 Å². The lowest BCUT2D eigenvalue weighted by molar-refractivity contribution is -0.126. The Morgan fingerprint density at radius 3 is 2.38 bits per heavy atom. The molecule has 3 heteroatoms. The van der Waals surface area contributed by atoms with E-state index in [1.165, 1.54) is 17.5 Å². The van der Waals surface area contributed by atoms with Gasteiger partial charge in [-0.2, -0.15) is 0 Å². The minimum Gasteiger partial charge on any atom is -0.371 e. The Morgan fingerprint density at radius 2 is 1.75 bits per heavy atom. The molecule has 1 N–H and O–H groups in total. The molecule has 0 bridgehead atoms. The van der Waals surface area contributed by atoms with Crippen molar-refractivity contribution in [3.05, 3.63) is 71.8 Å². The van der Waals surface area contributed by atoms with Crippen LogP contribution < -0.4 is 5.32 Å². The zero-order valence-electron chi connectivity index (χ0n) is 14.2. The molecule has 3 atom stereocenters. The van der Waals surface area contributed by atoms with E-state index in [2.05, 4.69) is 36.5 Å². The monoisotopic (exact) mass is 323 g/mol. The van der Waals surface area contributed by atoms with Crippen LogP contribution in [0.4, 0.5) is 0 Å². The molecule has 126 valence electrons. The van der Waals surface area contributed by atoms with Crippen LogP contribution in [-0.2, 0) is 16.0 Å². The van der Waals surface area contributed by atoms with Crippen molar-refractivity contribution in [1.82, 2.24) is 5.32 Å². The number of amides is 1. The number of nitrogens with one attached hydrogen (secondary N) is 1. The van der Waals surface area contributed by atoms with Crippen LogP contribution in [0.1, 0.15) is 30.5 Å². The van der Waals surface area contributed by atoms with Crippen molar-refractivity contribution in [2.75, 3.05) is 13.2 Å². The Morgan fingerprint density at radius 1 is 1.12 bits per heavy atom. The first-order valence-corrected chi connectivity index (χ1v) is 8.70. The van der Waals surface area contributed by atoms with Crippen molar-refractivity contribution in [3.63, 3.8) is 0 Å². The maximum Gasteiger partial charge on any atom is 0.246 e. The highest BCUT2D eigenvalue weighted by molar-refractivity contribution is 5.77. The number of carbonyl (C=O) groups excluding carboxylic acids is 1. The maximum atomic E-state index is 12.2. The molecule has 0 heterocycles. The summed E-state index contributed by atoms with van der Waals surface area (Å²) in [4.78, 5) is 12.2. The standard InChI is InChI=1S/C21H25NO2/c1-16-14-19(16)21(18-10-6-3-7-11-18)22-20(23)15-24-13-12-17-8-4-2-5-9-17/h2-11,16,19,21H,12-15H2,1H3,(H,22,23). The Bertz CT molecular complexity index is 641. The molecule has 3 nitrogen and oxygen atoms in total. The van der Waals surface area contributed by atoms with Crippen LogP contribution in [0.2, 0.25) is 0 Å². The number of rotatable bonds is 8. The van der Waals surface area contributed by atoms with Gasteiger partial charge in [0.05, 0.1) is 12.6 Å². The van der Waals surface area contributed by atoms with Gasteiger partial charge in [0.25, 0.3) is 0 Å². The van der Waals surface area contributed by atoms with E-state index in [1.54, 1.807) is 0 Å². The van der Waals surface area contributed by atoms with E-state index in [1.807, 2.05) is 36.4 Å². The molecule has 0 spiro atoms. The SMILES string of the molecule is CC1CC1C(NC(=O)COCCc1ccccc1)c1ccccc1. The van der Waals surface area contributed by atoms with Gasteiger partial charge in [0.15, 0.2) is 0 Å². The van der Waals surface area contributed by atoms with Crippen LogP contribution in [0.3, 0.4) is 0 Å². The van der Waals surface area contributed by atoms with Crippen LogP contribution in [0.25, 0.3) is 0 Å². The predicted octanol–water partition coefficient (Wildman–Crippen LogP) is 3.76. The molecule has 2 aromatic rings. The van der Waals surface area contributed by atoms with Gasteiger partial charge >= 0.3 is 0 Å². The largest absolute Gasteiger partial charge is 0.371 e. The molecule has 24 heavy (non-hydrogen) atoms. The van der Waals surface area contributed by atoms with Gasteiger partial charge in [0.1, 0.15) is 6.61 Å². The second kappa shape index (κ2) is 8.11. The van der Waals surface area contributed by atoms with E-state index in [4.69, 9.17) is 4.74 Å². The highest BCUT2D eigenvalue weighted by Gasteiger charge is 2.40. The van der Waals surface area contributed by atoms with Crippen LogP contribution in [0.15, 0.2) is 60.7 Å². The van der Waals surface area contributed by atoms with E-state index >= 15 is 0 Å². The third-order valence-electron chi connectivity index (χ3n) is 4.69. The first-order valence-electron chi connectivity index (χ1n) is 8.70. The predicted molar refractivity (Wildman–Crippen MR) is 95.6 cm³/mol. The third kappa shape index (κ3) is 4.68. The van der Waals surface area contributed by atoms with Gasteiger partial charge in [-0.05, 0) is 35.8 Å². The Balaban J connectivity index is 1.46. The molecule has 1 fully saturated rings. The molecule has 3 rings (SSSR count). The second-order valence-electron chi connectivity index (χ2n) is 6.62. The average molecular weight is 323 g/mol. The van der Waals surface area contributed by atoms with Gasteiger partial charge in [-0.25, -0.2) is 0 Å². The van der Waals surface area contributed by atoms with Gasteiger partial charge in [0, 0.05) is 0 Å². The van der Waals surface area contributed by atoms with Gasteiger partial charge in [-0.1, -0.05) is 67.6 Å². The van der Waals surface area contributed by atoms with Crippen LogP contribution in [0.5, 0.6) is 0 Å². The Hall–Kier alpha value is -2.13. The van der Waals surface area contributed by atoms with Crippen LogP contribution >= 0.6 is 0 Å². The number of carbonyl (C=O) groups is 1. The van der Waals surface area contributed by atoms with E-state index in [0.717, 1.165) is 6.42 Å². The molecular weight excluding hydrogens is 298 g/mol. The number of hydrogen-bond donors (Lipinski definition) is 1. The molecule has 1 aliphatic carbocycles. The summed E-state index contributed by atoms with van der Waals surface area (Å²) < 4.78 is 5.55. The van der Waals surface area contributed by atoms with Gasteiger partial charge in [-0.15, -0.1) is 0 Å². The fourth-order valence-electron chi connectivity index (χ4n) is 3.13. The first-order chi connectivity index (χ1) is 11.7. The molecule has 0 saturated heterocycles. The van der Waals surface area contributed by atoms with E-state index in [-0.39, 0.29) is 18.6 Å². The summed E-state index contributed by atoms with van der Waals surface area (Å²) >= 11 is 0. The fraction of sp³-hybridized carbons (Fsp3) is 0.381. The van der Waals surface area contributed by atoms with Crippen molar-refractivity contribution >= 4 is 5.91 Å². The Labute approximate surface area is 144 Å². The zero-order valence-corrected chi connectivity index (χ0v) is 14.2. The summed E-state index contributed by atoms with van der Waals surface area (Å²) in [6, 6.07) is 20.5. The van der Waals surface area contributed by atoms with Gasteiger partial charge in [0.2, 0.25) is 5.91 Å². The molecule has 1 aliphatic rings. The van der Waals surface area contributed by atoms with Gasteiger partial charge in [-0.3, -0.25) is 4.79 Å². The molecule has 1 amide bonds. The van der Waals surface area contributed by atoms with Gasteiger partial charge < -0.3 is 10.1 Å². The summed E-state index contributed by atoms with van der Waals surface area (Å²) in [5.74, 6) is 1.19. The lowest BCUT2D eigenvalue weighted by Crippen LogP contribution is -2.33. The normalized spacial score (nSPS) is 20.4. The minimum atomic E-state index is -0.0315. The lowest BCUT2D eigenvalue weighted by atomic mass is 10.0. The first kappa shape index (κ1) is 16.7. The number of hydrogen-bond acceptors (Lipinski definition) is 2. The quantitative estimate of drug-likeness (QED) is 0.751. The highest BCUT2D eigenvalue weighted by atomic mass is 16.5. The number of benzene rings is 2. The zero-order chi connectivity index (χ0) is 16.8. The summed E-state index contributed by atoms with van der Waals surface area (Å²) in [5.41, 5.74) is 2.41. The van der Waals surface area contributed by atoms with Crippen LogP contribution in [-0.4, -0.2) is 19.1 Å². The van der Waals surface area contributed by atoms with Crippen molar-refractivity contribution in [3.8, 4) is 0 Å². The number of ether oxygens (including phenoxy) is 1. The molecule has 3 unspecified atom stereocenters. The summed E-state index contributed by atoms with van der Waals surface area (Å²) in [6.07, 6.45) is 2.00. The molecular formula is C21H25NO2. The van der Waals surface area contributed by atoms with Crippen molar-refractivity contribution in [2.24, 2.45) is 11.8 Å². The summed E-state index contributed by atoms with van der Waals surface area (Å²) in [5, 5.41) is 3.16. The van der Waals surface area contributed by atoms with Crippen LogP contribution in [0, 0.1) is 11.8 Å². The minimum absolute atomic E-state index is 0.0315. The van der Waals surface area contributed by atoms with Crippen molar-refractivity contribution in [2.45, 2.75) is 25.8 Å². The van der Waals surface area contributed by atoms with E-state index < -0.39 is 0 Å². The third-order valence-corrected chi connectivity index (χ3v) is 4.69. The average Bonchev–Trinajstić information content (AvgIpc) is 3.35. The maximum absolute atomic E-state index is 12.2. The smallest absolute Gasteiger partial charge is 0.246 e. The lowest BCUT2D eigenvalue weighted by Gasteiger charge is -2.19. The van der Waals surface area contributed by atoms with Crippen molar-refractivity contribution in [1.29, 1.82) is 0 Å². The fourth-order valence-corrected chi connectivity index (χ4v) is 3.13. The molecule has 1 saturated carbocycles. The van der Waals surface area contributed by atoms with Crippen molar-refractivity contribution < 1.29 is 9.53 Å². The topological polar surface area (TPSA) is 38.3 Å².